The average Bonchev–Trinajstić information content (AvgIpc) is 3.20. The molecular formula is C16H17N7O. The van der Waals surface area contributed by atoms with Crippen LogP contribution in [0.15, 0.2) is 30.7 Å². The molecule has 0 saturated carbocycles. The first kappa shape index (κ1) is 14.6. The van der Waals surface area contributed by atoms with E-state index < -0.39 is 0 Å². The van der Waals surface area contributed by atoms with E-state index in [4.69, 9.17) is 0 Å². The number of nitrogens with one attached hydrogen (secondary N) is 1. The maximum Gasteiger partial charge on any atom is 0.226 e. The zero-order valence-corrected chi connectivity index (χ0v) is 13.5. The van der Waals surface area contributed by atoms with Gasteiger partial charge in [0.05, 0.1) is 11.6 Å². The molecule has 0 aliphatic carbocycles. The van der Waals surface area contributed by atoms with E-state index in [-0.39, 0.29) is 11.8 Å². The van der Waals surface area contributed by atoms with Gasteiger partial charge in [0.25, 0.3) is 0 Å². The number of aryl methyl sites for hydroxylation is 2. The zero-order valence-electron chi connectivity index (χ0n) is 13.5. The third kappa shape index (κ3) is 2.18. The summed E-state index contributed by atoms with van der Waals surface area (Å²) in [5.41, 5.74) is 2.49. The fraction of sp³-hybridized carbons (Fsp3) is 0.312. The van der Waals surface area contributed by atoms with E-state index >= 15 is 0 Å². The Kier molecular flexibility index (Phi) is 3.37. The van der Waals surface area contributed by atoms with Crippen LogP contribution in [0.1, 0.15) is 30.7 Å². The number of carbonyl (C=O) groups is 1. The molecule has 0 aromatic carbocycles. The number of anilines is 1. The fourth-order valence-electron chi connectivity index (χ4n) is 3.19. The van der Waals surface area contributed by atoms with Crippen molar-refractivity contribution in [2.24, 2.45) is 7.05 Å². The van der Waals surface area contributed by atoms with E-state index in [0.29, 0.717) is 18.8 Å². The van der Waals surface area contributed by atoms with Gasteiger partial charge in [-0.05, 0) is 19.1 Å². The Morgan fingerprint density at radius 1 is 1.33 bits per heavy atom. The Morgan fingerprint density at radius 2 is 2.21 bits per heavy atom. The molecule has 0 saturated heterocycles. The van der Waals surface area contributed by atoms with Gasteiger partial charge in [0.2, 0.25) is 5.91 Å². The standard InChI is InChI=1S/C16H17N7O/c1-3-23-15(18-9-19-23)10-8-12(24)20-16-13(10)14(21-22(16)2)11-6-4-5-7-17-11/h4-7,9-10H,3,8H2,1-2H3,(H,20,24)/t10-/m0/s1. The lowest BCUT2D eigenvalue weighted by molar-refractivity contribution is -0.116. The van der Waals surface area contributed by atoms with Crippen molar-refractivity contribution in [3.8, 4) is 11.4 Å². The number of hydrogen-bond donors (Lipinski definition) is 1. The van der Waals surface area contributed by atoms with E-state index in [9.17, 15) is 4.79 Å². The third-order valence-electron chi connectivity index (χ3n) is 4.24. The summed E-state index contributed by atoms with van der Waals surface area (Å²) < 4.78 is 3.51. The molecule has 0 fully saturated rings. The number of hydrogen-bond acceptors (Lipinski definition) is 5. The zero-order chi connectivity index (χ0) is 16.7. The molecule has 122 valence electrons. The van der Waals surface area contributed by atoms with E-state index in [1.807, 2.05) is 36.9 Å². The summed E-state index contributed by atoms with van der Waals surface area (Å²) in [6.07, 6.45) is 3.58. The van der Waals surface area contributed by atoms with Gasteiger partial charge in [-0.3, -0.25) is 14.5 Å². The van der Waals surface area contributed by atoms with E-state index in [1.165, 1.54) is 6.33 Å². The minimum absolute atomic E-state index is 0.0475. The van der Waals surface area contributed by atoms with Crippen molar-refractivity contribution in [3.05, 3.63) is 42.1 Å². The lowest BCUT2D eigenvalue weighted by atomic mass is 9.90. The lowest BCUT2D eigenvalue weighted by Crippen LogP contribution is -2.26. The number of nitrogens with zero attached hydrogens (tertiary/aromatic N) is 6. The summed E-state index contributed by atoms with van der Waals surface area (Å²) in [6.45, 7) is 2.70. The van der Waals surface area contributed by atoms with Crippen LogP contribution in [-0.2, 0) is 18.4 Å². The Bertz CT molecular complexity index is 897. The second kappa shape index (κ2) is 5.55. The van der Waals surface area contributed by atoms with Crippen LogP contribution in [0.5, 0.6) is 0 Å². The second-order valence-electron chi connectivity index (χ2n) is 5.69. The van der Waals surface area contributed by atoms with Crippen molar-refractivity contribution in [3.63, 3.8) is 0 Å². The monoisotopic (exact) mass is 323 g/mol. The molecule has 3 aromatic heterocycles. The number of carbonyl (C=O) groups excluding carboxylic acids is 1. The number of aromatic nitrogens is 6. The first-order chi connectivity index (χ1) is 11.7. The summed E-state index contributed by atoms with van der Waals surface area (Å²) in [5, 5.41) is 11.8. The predicted octanol–water partition coefficient (Wildman–Crippen LogP) is 1.57. The van der Waals surface area contributed by atoms with Crippen molar-refractivity contribution >= 4 is 11.7 Å². The van der Waals surface area contributed by atoms with Gasteiger partial charge in [0.1, 0.15) is 23.7 Å². The first-order valence-corrected chi connectivity index (χ1v) is 7.85. The van der Waals surface area contributed by atoms with Crippen LogP contribution >= 0.6 is 0 Å². The fourth-order valence-corrected chi connectivity index (χ4v) is 3.19. The molecule has 0 spiro atoms. The molecule has 1 N–H and O–H groups in total. The van der Waals surface area contributed by atoms with Crippen LogP contribution in [0.4, 0.5) is 5.82 Å². The molecule has 1 aliphatic heterocycles. The van der Waals surface area contributed by atoms with Gasteiger partial charge < -0.3 is 5.32 Å². The summed E-state index contributed by atoms with van der Waals surface area (Å²) in [6, 6.07) is 5.71. The molecule has 0 unspecified atom stereocenters. The molecule has 1 aliphatic rings. The molecule has 1 amide bonds. The van der Waals surface area contributed by atoms with Gasteiger partial charge in [0, 0.05) is 31.8 Å². The number of amides is 1. The smallest absolute Gasteiger partial charge is 0.226 e. The van der Waals surface area contributed by atoms with Crippen LogP contribution < -0.4 is 5.32 Å². The van der Waals surface area contributed by atoms with E-state index in [1.54, 1.807) is 10.9 Å². The van der Waals surface area contributed by atoms with Gasteiger partial charge in [-0.15, -0.1) is 0 Å². The Labute approximate surface area is 138 Å². The summed E-state index contributed by atoms with van der Waals surface area (Å²) in [4.78, 5) is 21.0. The molecular weight excluding hydrogens is 306 g/mol. The highest BCUT2D eigenvalue weighted by Gasteiger charge is 2.36. The van der Waals surface area contributed by atoms with Gasteiger partial charge >= 0.3 is 0 Å². The van der Waals surface area contributed by atoms with Crippen LogP contribution in [0.25, 0.3) is 11.4 Å². The molecule has 24 heavy (non-hydrogen) atoms. The molecule has 0 bridgehead atoms. The number of fused-ring (bicyclic) bond motifs is 1. The topological polar surface area (TPSA) is 90.5 Å². The van der Waals surface area contributed by atoms with Crippen molar-refractivity contribution in [2.75, 3.05) is 5.32 Å². The van der Waals surface area contributed by atoms with Crippen LogP contribution in [-0.4, -0.2) is 35.4 Å². The Hall–Kier alpha value is -3.03. The maximum absolute atomic E-state index is 12.2. The van der Waals surface area contributed by atoms with Crippen LogP contribution in [0.3, 0.4) is 0 Å². The first-order valence-electron chi connectivity index (χ1n) is 7.85. The highest BCUT2D eigenvalue weighted by molar-refractivity contribution is 5.95. The number of pyridine rings is 1. The minimum atomic E-state index is -0.193. The average molecular weight is 323 g/mol. The van der Waals surface area contributed by atoms with Gasteiger partial charge in [-0.25, -0.2) is 9.67 Å². The van der Waals surface area contributed by atoms with Crippen molar-refractivity contribution in [2.45, 2.75) is 25.8 Å². The van der Waals surface area contributed by atoms with Crippen molar-refractivity contribution in [1.82, 2.24) is 29.5 Å². The quantitative estimate of drug-likeness (QED) is 0.790. The molecule has 0 radical (unpaired) electrons. The molecule has 8 heteroatoms. The number of rotatable bonds is 3. The molecule has 4 rings (SSSR count). The van der Waals surface area contributed by atoms with Crippen molar-refractivity contribution < 1.29 is 4.79 Å². The minimum Gasteiger partial charge on any atom is -0.311 e. The third-order valence-corrected chi connectivity index (χ3v) is 4.24. The van der Waals surface area contributed by atoms with E-state index in [2.05, 4.69) is 25.5 Å². The Balaban J connectivity index is 1.93. The summed E-state index contributed by atoms with van der Waals surface area (Å²) >= 11 is 0. The molecule has 3 aromatic rings. The molecule has 4 heterocycles. The SMILES string of the molecule is CCn1ncnc1[C@H]1CC(=O)Nc2c1c(-c1ccccn1)nn2C. The van der Waals surface area contributed by atoms with E-state index in [0.717, 1.165) is 22.8 Å². The molecule has 1 atom stereocenters. The lowest BCUT2D eigenvalue weighted by Gasteiger charge is -2.23. The van der Waals surface area contributed by atoms with Gasteiger partial charge in [-0.1, -0.05) is 6.07 Å². The van der Waals surface area contributed by atoms with Crippen LogP contribution in [0, 0.1) is 0 Å². The Morgan fingerprint density at radius 3 is 2.96 bits per heavy atom. The second-order valence-corrected chi connectivity index (χ2v) is 5.69. The summed E-state index contributed by atoms with van der Waals surface area (Å²) in [7, 11) is 1.82. The maximum atomic E-state index is 12.2. The highest BCUT2D eigenvalue weighted by atomic mass is 16.1. The highest BCUT2D eigenvalue weighted by Crippen LogP contribution is 2.41. The van der Waals surface area contributed by atoms with Crippen molar-refractivity contribution in [1.29, 1.82) is 0 Å². The molecule has 8 nitrogen and oxygen atoms in total. The normalized spacial score (nSPS) is 16.8. The van der Waals surface area contributed by atoms with Gasteiger partial charge in [-0.2, -0.15) is 10.2 Å². The largest absolute Gasteiger partial charge is 0.311 e. The summed E-state index contributed by atoms with van der Waals surface area (Å²) in [5.74, 6) is 1.23. The predicted molar refractivity (Wildman–Crippen MR) is 87.2 cm³/mol. The van der Waals surface area contributed by atoms with Gasteiger partial charge in [0.15, 0.2) is 0 Å². The van der Waals surface area contributed by atoms with Crippen LogP contribution in [0.2, 0.25) is 0 Å².